The van der Waals surface area contributed by atoms with Crippen molar-refractivity contribution in [3.63, 3.8) is 0 Å². The van der Waals surface area contributed by atoms with Crippen LogP contribution in [-0.2, 0) is 4.79 Å². The van der Waals surface area contributed by atoms with E-state index in [0.717, 1.165) is 12.8 Å². The highest BCUT2D eigenvalue weighted by atomic mass is 16.1. The van der Waals surface area contributed by atoms with Crippen molar-refractivity contribution in [2.45, 2.75) is 116 Å². The van der Waals surface area contributed by atoms with E-state index in [2.05, 4.69) is 13.8 Å². The van der Waals surface area contributed by atoms with Gasteiger partial charge in [-0.2, -0.15) is 0 Å². The maximum atomic E-state index is 10.9. The lowest BCUT2D eigenvalue weighted by molar-refractivity contribution is -0.119. The fourth-order valence-electron chi connectivity index (χ4n) is 3.19. The minimum absolute atomic E-state index is 0.464. The fraction of sp³-hybridized carbons (Fsp3) is 0.950. The second-order valence-electron chi connectivity index (χ2n) is 6.89. The van der Waals surface area contributed by atoms with Crippen molar-refractivity contribution < 1.29 is 4.79 Å². The molecule has 1 atom stereocenters. The highest BCUT2D eigenvalue weighted by Crippen LogP contribution is 2.15. The van der Waals surface area contributed by atoms with E-state index in [4.69, 9.17) is 0 Å². The molecule has 1 unspecified atom stereocenters. The summed E-state index contributed by atoms with van der Waals surface area (Å²) in [6, 6.07) is 0.464. The number of unbranched alkanes of at least 4 members (excludes halogenated alkanes) is 11. The highest BCUT2D eigenvalue weighted by molar-refractivity contribution is 5.46. The Morgan fingerprint density at radius 3 is 1.55 bits per heavy atom. The maximum absolute atomic E-state index is 10.9. The zero-order valence-corrected chi connectivity index (χ0v) is 15.6. The molecule has 0 aromatic heterocycles. The predicted molar refractivity (Wildman–Crippen MR) is 98.2 cm³/mol. The van der Waals surface area contributed by atoms with Crippen LogP contribution in [0.25, 0.3) is 0 Å². The first-order valence-electron chi connectivity index (χ1n) is 9.93. The van der Waals surface area contributed by atoms with Crippen molar-refractivity contribution in [1.82, 2.24) is 4.90 Å². The highest BCUT2D eigenvalue weighted by Gasteiger charge is 2.11. The van der Waals surface area contributed by atoms with E-state index >= 15 is 0 Å². The minimum Gasteiger partial charge on any atom is -0.345 e. The van der Waals surface area contributed by atoms with E-state index in [1.807, 2.05) is 11.9 Å². The average Bonchev–Trinajstić information content (AvgIpc) is 2.54. The van der Waals surface area contributed by atoms with Gasteiger partial charge in [-0.15, -0.1) is 0 Å². The van der Waals surface area contributed by atoms with Gasteiger partial charge in [-0.05, 0) is 12.8 Å². The molecule has 2 nitrogen and oxygen atoms in total. The molecule has 0 aromatic rings. The van der Waals surface area contributed by atoms with Gasteiger partial charge in [0.25, 0.3) is 0 Å². The quantitative estimate of drug-likeness (QED) is 0.227. The predicted octanol–water partition coefficient (Wildman–Crippen LogP) is 6.33. The first kappa shape index (κ1) is 21.5. The lowest BCUT2D eigenvalue weighted by Gasteiger charge is -2.24. The number of carbonyl (C=O) groups excluding carboxylic acids is 1. The van der Waals surface area contributed by atoms with Crippen LogP contribution in [0.5, 0.6) is 0 Å². The lowest BCUT2D eigenvalue weighted by Crippen LogP contribution is -2.30. The number of hydrogen-bond donors (Lipinski definition) is 0. The van der Waals surface area contributed by atoms with Gasteiger partial charge >= 0.3 is 0 Å². The van der Waals surface area contributed by atoms with Crippen LogP contribution in [-0.4, -0.2) is 24.4 Å². The van der Waals surface area contributed by atoms with Crippen LogP contribution in [0.2, 0.25) is 0 Å². The molecule has 0 spiro atoms. The Morgan fingerprint density at radius 1 is 0.682 bits per heavy atom. The normalized spacial score (nSPS) is 12.3. The van der Waals surface area contributed by atoms with E-state index in [1.165, 1.54) is 89.9 Å². The number of amides is 1. The van der Waals surface area contributed by atoms with Crippen LogP contribution >= 0.6 is 0 Å². The van der Waals surface area contributed by atoms with Gasteiger partial charge in [0.2, 0.25) is 6.41 Å². The maximum Gasteiger partial charge on any atom is 0.209 e. The van der Waals surface area contributed by atoms with E-state index in [-0.39, 0.29) is 0 Å². The largest absolute Gasteiger partial charge is 0.345 e. The van der Waals surface area contributed by atoms with E-state index in [9.17, 15) is 4.79 Å². The summed E-state index contributed by atoms with van der Waals surface area (Å²) in [7, 11) is 1.92. The zero-order chi connectivity index (χ0) is 16.5. The van der Waals surface area contributed by atoms with Crippen molar-refractivity contribution >= 4 is 6.41 Å². The van der Waals surface area contributed by atoms with Gasteiger partial charge < -0.3 is 4.90 Å². The van der Waals surface area contributed by atoms with E-state index < -0.39 is 0 Å². The van der Waals surface area contributed by atoms with Crippen LogP contribution < -0.4 is 0 Å². The average molecular weight is 312 g/mol. The lowest BCUT2D eigenvalue weighted by atomic mass is 10.0. The Morgan fingerprint density at radius 2 is 1.14 bits per heavy atom. The fourth-order valence-corrected chi connectivity index (χ4v) is 3.19. The molecule has 0 rings (SSSR count). The number of carbonyl (C=O) groups is 1. The molecule has 0 bridgehead atoms. The van der Waals surface area contributed by atoms with Crippen molar-refractivity contribution in [2.75, 3.05) is 7.05 Å². The SMILES string of the molecule is CCCCCCCCCCCCCCC(CCC)N(C)C=O. The molecule has 0 aliphatic carbocycles. The number of nitrogens with zero attached hydrogens (tertiary/aromatic N) is 1. The summed E-state index contributed by atoms with van der Waals surface area (Å²) in [4.78, 5) is 12.7. The molecule has 22 heavy (non-hydrogen) atoms. The molecule has 0 aliphatic rings. The van der Waals surface area contributed by atoms with Crippen molar-refractivity contribution in [2.24, 2.45) is 0 Å². The monoisotopic (exact) mass is 311 g/mol. The van der Waals surface area contributed by atoms with E-state index in [1.54, 1.807) is 0 Å². The van der Waals surface area contributed by atoms with Gasteiger partial charge in [0.1, 0.15) is 0 Å². The molecule has 132 valence electrons. The summed E-state index contributed by atoms with van der Waals surface area (Å²) in [5, 5.41) is 0. The smallest absolute Gasteiger partial charge is 0.209 e. The van der Waals surface area contributed by atoms with Gasteiger partial charge in [0, 0.05) is 13.1 Å². The Labute approximate surface area is 140 Å². The molecule has 1 amide bonds. The van der Waals surface area contributed by atoms with Crippen molar-refractivity contribution in [3.8, 4) is 0 Å². The first-order valence-corrected chi connectivity index (χ1v) is 9.93. The second kappa shape index (κ2) is 16.8. The molecule has 0 saturated heterocycles. The molecule has 2 heteroatoms. The van der Waals surface area contributed by atoms with E-state index in [0.29, 0.717) is 6.04 Å². The summed E-state index contributed by atoms with van der Waals surface area (Å²) >= 11 is 0. The standard InChI is InChI=1S/C20H41NO/c1-4-6-7-8-9-10-11-12-13-14-15-16-18-20(17-5-2)21(3)19-22/h19-20H,4-18H2,1-3H3. The summed E-state index contributed by atoms with van der Waals surface area (Å²) in [5.74, 6) is 0. The Bertz CT molecular complexity index is 230. The Kier molecular flexibility index (Phi) is 16.4. The van der Waals surface area contributed by atoms with Crippen LogP contribution in [0.1, 0.15) is 110 Å². The summed E-state index contributed by atoms with van der Waals surface area (Å²) in [6.45, 7) is 4.48. The second-order valence-corrected chi connectivity index (χ2v) is 6.89. The Hall–Kier alpha value is -0.530. The summed E-state index contributed by atoms with van der Waals surface area (Å²) in [5.41, 5.74) is 0. The summed E-state index contributed by atoms with van der Waals surface area (Å²) < 4.78 is 0. The van der Waals surface area contributed by atoms with Gasteiger partial charge in [0.05, 0.1) is 0 Å². The van der Waals surface area contributed by atoms with Crippen molar-refractivity contribution in [3.05, 3.63) is 0 Å². The van der Waals surface area contributed by atoms with Gasteiger partial charge in [0.15, 0.2) is 0 Å². The molecule has 0 radical (unpaired) electrons. The third-order valence-corrected chi connectivity index (χ3v) is 4.76. The molecule has 0 N–H and O–H groups in total. The minimum atomic E-state index is 0.464. The molecule has 0 saturated carbocycles. The molecule has 0 heterocycles. The van der Waals surface area contributed by atoms with Crippen LogP contribution in [0, 0.1) is 0 Å². The topological polar surface area (TPSA) is 20.3 Å². The third kappa shape index (κ3) is 13.2. The van der Waals surface area contributed by atoms with Gasteiger partial charge in [-0.3, -0.25) is 4.79 Å². The molecular weight excluding hydrogens is 270 g/mol. The molecule has 0 aliphatic heterocycles. The van der Waals surface area contributed by atoms with Crippen LogP contribution in [0.4, 0.5) is 0 Å². The number of rotatable bonds is 17. The van der Waals surface area contributed by atoms with Crippen LogP contribution in [0.15, 0.2) is 0 Å². The Balaban J connectivity index is 3.32. The van der Waals surface area contributed by atoms with Crippen molar-refractivity contribution in [1.29, 1.82) is 0 Å². The molecular formula is C20H41NO. The third-order valence-electron chi connectivity index (χ3n) is 4.76. The van der Waals surface area contributed by atoms with Gasteiger partial charge in [-0.1, -0.05) is 97.3 Å². The van der Waals surface area contributed by atoms with Crippen LogP contribution in [0.3, 0.4) is 0 Å². The van der Waals surface area contributed by atoms with Gasteiger partial charge in [-0.25, -0.2) is 0 Å². The summed E-state index contributed by atoms with van der Waals surface area (Å²) in [6.07, 6.45) is 21.2. The molecule has 0 aromatic carbocycles. The zero-order valence-electron chi connectivity index (χ0n) is 15.6. The first-order chi connectivity index (χ1) is 10.8. The number of hydrogen-bond acceptors (Lipinski definition) is 1. The molecule has 0 fully saturated rings.